The van der Waals surface area contributed by atoms with Crippen molar-refractivity contribution in [1.29, 1.82) is 0 Å². The van der Waals surface area contributed by atoms with Gasteiger partial charge in [-0.25, -0.2) is 4.39 Å². The topological polar surface area (TPSA) is 91.2 Å². The summed E-state index contributed by atoms with van der Waals surface area (Å²) in [5.41, 5.74) is -3.56. The average Bonchev–Trinajstić information content (AvgIpc) is 3.36. The van der Waals surface area contributed by atoms with E-state index >= 15 is 0 Å². The highest BCUT2D eigenvalue weighted by atomic mass is 35.5. The third-order valence-electron chi connectivity index (χ3n) is 6.04. The van der Waals surface area contributed by atoms with Crippen molar-refractivity contribution in [2.24, 2.45) is 5.16 Å². The van der Waals surface area contributed by atoms with Crippen LogP contribution in [-0.2, 0) is 15.2 Å². The number of aliphatic hydroxyl groups is 1. The smallest absolute Gasteiger partial charge is 0.374 e. The van der Waals surface area contributed by atoms with Crippen LogP contribution in [0.2, 0.25) is 15.1 Å². The summed E-state index contributed by atoms with van der Waals surface area (Å²) in [5, 5.41) is 14.8. The van der Waals surface area contributed by atoms with Gasteiger partial charge in [0.05, 0.1) is 38.8 Å². The number of benzene rings is 2. The zero-order valence-corrected chi connectivity index (χ0v) is 20.4. The summed E-state index contributed by atoms with van der Waals surface area (Å²) in [6.07, 6.45) is -7.11. The van der Waals surface area contributed by atoms with Crippen molar-refractivity contribution in [2.45, 2.75) is 36.9 Å². The maximum absolute atomic E-state index is 14.2. The Morgan fingerprint density at radius 3 is 2.36 bits per heavy atom. The van der Waals surface area contributed by atoms with Gasteiger partial charge >= 0.3 is 6.18 Å². The number of hydrogen-bond donors (Lipinski definition) is 2. The van der Waals surface area contributed by atoms with E-state index in [9.17, 15) is 32.3 Å². The second kappa shape index (κ2) is 9.37. The van der Waals surface area contributed by atoms with Crippen LogP contribution in [0.25, 0.3) is 0 Å². The number of oxime groups is 1. The lowest BCUT2D eigenvalue weighted by molar-refractivity contribution is -0.275. The van der Waals surface area contributed by atoms with E-state index in [0.29, 0.717) is 0 Å². The standard InChI is InChI=1S/C22H16Cl3F4N3O4/c1-32-17(33)7-15(20(32)35)30-19(34)11-3-2-9(4-12(11)23)16-8-21(36-31-16,22(27,28)29)10-5-13(24)18(26)14(25)6-10/h2-6,15,20,35H,7-8H2,1H3,(H,30,34). The van der Waals surface area contributed by atoms with Gasteiger partial charge in [-0.2, -0.15) is 13.2 Å². The molecule has 2 amide bonds. The van der Waals surface area contributed by atoms with E-state index in [1.54, 1.807) is 0 Å². The Kier molecular flexibility index (Phi) is 6.89. The predicted octanol–water partition coefficient (Wildman–Crippen LogP) is 4.65. The summed E-state index contributed by atoms with van der Waals surface area (Å²) >= 11 is 17.6. The van der Waals surface area contributed by atoms with Crippen molar-refractivity contribution in [2.75, 3.05) is 7.05 Å². The Morgan fingerprint density at radius 2 is 1.83 bits per heavy atom. The normalized spacial score (nSPS) is 24.1. The van der Waals surface area contributed by atoms with Gasteiger partial charge in [0.15, 0.2) is 5.82 Å². The molecule has 2 N–H and O–H groups in total. The average molecular weight is 569 g/mol. The van der Waals surface area contributed by atoms with Crippen LogP contribution >= 0.6 is 34.8 Å². The number of likely N-dealkylation sites (tertiary alicyclic amines) is 1. The highest BCUT2D eigenvalue weighted by Gasteiger charge is 2.62. The number of halogens is 7. The summed E-state index contributed by atoms with van der Waals surface area (Å²) < 4.78 is 56.3. The lowest BCUT2D eigenvalue weighted by Gasteiger charge is -2.29. The van der Waals surface area contributed by atoms with E-state index in [0.717, 1.165) is 17.0 Å². The first-order chi connectivity index (χ1) is 16.7. The van der Waals surface area contributed by atoms with E-state index in [-0.39, 0.29) is 34.2 Å². The fourth-order valence-electron chi connectivity index (χ4n) is 3.95. The van der Waals surface area contributed by atoms with Gasteiger partial charge in [-0.05, 0) is 24.3 Å². The molecule has 3 atom stereocenters. The maximum Gasteiger partial charge on any atom is 0.435 e. The summed E-state index contributed by atoms with van der Waals surface area (Å²) in [7, 11) is 1.39. The minimum absolute atomic E-state index is 0.0340. The molecule has 4 rings (SSSR count). The van der Waals surface area contributed by atoms with E-state index in [1.165, 1.54) is 25.2 Å². The molecule has 7 nitrogen and oxygen atoms in total. The number of likely N-dealkylation sites (N-methyl/N-ethyl adjacent to an activating group) is 1. The lowest BCUT2D eigenvalue weighted by Crippen LogP contribution is -2.44. The second-order valence-electron chi connectivity index (χ2n) is 8.28. The monoisotopic (exact) mass is 567 g/mol. The largest absolute Gasteiger partial charge is 0.435 e. The summed E-state index contributed by atoms with van der Waals surface area (Å²) in [6.45, 7) is 0. The minimum Gasteiger partial charge on any atom is -0.374 e. The van der Waals surface area contributed by atoms with Crippen LogP contribution in [0.1, 0.15) is 34.3 Å². The molecule has 2 aliphatic heterocycles. The van der Waals surface area contributed by atoms with Crippen molar-refractivity contribution in [3.05, 3.63) is 67.9 Å². The number of nitrogens with zero attached hydrogens (tertiary/aromatic N) is 2. The van der Waals surface area contributed by atoms with Crippen molar-refractivity contribution >= 4 is 52.3 Å². The maximum atomic E-state index is 14.2. The molecule has 14 heteroatoms. The number of nitrogens with one attached hydrogen (secondary N) is 1. The van der Waals surface area contributed by atoms with E-state index in [4.69, 9.17) is 39.6 Å². The molecule has 192 valence electrons. The third kappa shape index (κ3) is 4.49. The molecule has 2 heterocycles. The molecule has 0 aromatic heterocycles. The number of aliphatic hydroxyl groups excluding tert-OH is 1. The Hall–Kier alpha value is -2.60. The molecule has 0 bridgehead atoms. The van der Waals surface area contributed by atoms with Gasteiger partial charge in [-0.3, -0.25) is 9.59 Å². The highest BCUT2D eigenvalue weighted by molar-refractivity contribution is 6.35. The molecule has 3 unspecified atom stereocenters. The molecular formula is C22H16Cl3F4N3O4. The Labute approximate surface area is 216 Å². The Balaban J connectivity index is 1.58. The third-order valence-corrected chi connectivity index (χ3v) is 6.91. The van der Waals surface area contributed by atoms with Crippen LogP contribution < -0.4 is 5.32 Å². The molecule has 0 radical (unpaired) electrons. The zero-order chi connectivity index (χ0) is 26.6. The minimum atomic E-state index is -4.99. The second-order valence-corrected chi connectivity index (χ2v) is 9.50. The van der Waals surface area contributed by atoms with Crippen LogP contribution in [0.3, 0.4) is 0 Å². The van der Waals surface area contributed by atoms with Crippen LogP contribution in [0.4, 0.5) is 17.6 Å². The first-order valence-electron chi connectivity index (χ1n) is 10.3. The molecule has 0 spiro atoms. The molecule has 2 aromatic carbocycles. The number of carbonyl (C=O) groups is 2. The van der Waals surface area contributed by atoms with Crippen LogP contribution in [0.5, 0.6) is 0 Å². The van der Waals surface area contributed by atoms with Gasteiger partial charge in [0.1, 0.15) is 6.23 Å². The summed E-state index contributed by atoms with van der Waals surface area (Å²) in [6, 6.07) is 4.51. The quantitative estimate of drug-likeness (QED) is 0.415. The van der Waals surface area contributed by atoms with Crippen LogP contribution in [0.15, 0.2) is 35.5 Å². The number of hydrogen-bond acceptors (Lipinski definition) is 5. The number of rotatable bonds is 4. The Bertz CT molecular complexity index is 1270. The van der Waals surface area contributed by atoms with E-state index < -0.39 is 57.8 Å². The Morgan fingerprint density at radius 1 is 1.19 bits per heavy atom. The van der Waals surface area contributed by atoms with Gasteiger partial charge in [0.2, 0.25) is 5.91 Å². The predicted molar refractivity (Wildman–Crippen MR) is 122 cm³/mol. The number of alkyl halides is 3. The van der Waals surface area contributed by atoms with E-state index in [2.05, 4.69) is 10.5 Å². The molecule has 2 aromatic rings. The fraction of sp³-hybridized carbons (Fsp3) is 0.318. The molecule has 2 aliphatic rings. The SMILES string of the molecule is CN1C(=O)CC(NC(=O)c2ccc(C3=NOC(c4cc(Cl)c(F)c(Cl)c4)(C(F)(F)F)C3)cc2Cl)C1O. The highest BCUT2D eigenvalue weighted by Crippen LogP contribution is 2.50. The molecule has 36 heavy (non-hydrogen) atoms. The van der Waals surface area contributed by atoms with Crippen molar-refractivity contribution in [1.82, 2.24) is 10.2 Å². The van der Waals surface area contributed by atoms with Crippen molar-refractivity contribution in [3.63, 3.8) is 0 Å². The fourth-order valence-corrected chi connectivity index (χ4v) is 4.71. The van der Waals surface area contributed by atoms with Crippen LogP contribution in [-0.4, -0.2) is 53.0 Å². The van der Waals surface area contributed by atoms with Crippen molar-refractivity contribution < 1.29 is 37.1 Å². The molecular weight excluding hydrogens is 553 g/mol. The molecule has 0 saturated carbocycles. The first-order valence-corrected chi connectivity index (χ1v) is 11.4. The van der Waals surface area contributed by atoms with E-state index in [1.807, 2.05) is 0 Å². The number of amides is 2. The molecule has 1 fully saturated rings. The zero-order valence-electron chi connectivity index (χ0n) is 18.2. The van der Waals surface area contributed by atoms with Gasteiger partial charge < -0.3 is 20.2 Å². The summed E-state index contributed by atoms with van der Waals surface area (Å²) in [4.78, 5) is 30.3. The van der Waals surface area contributed by atoms with Crippen LogP contribution in [0, 0.1) is 5.82 Å². The van der Waals surface area contributed by atoms with Gasteiger partial charge in [0, 0.05) is 24.6 Å². The first kappa shape index (κ1) is 26.5. The van der Waals surface area contributed by atoms with Crippen molar-refractivity contribution in [3.8, 4) is 0 Å². The van der Waals surface area contributed by atoms with Gasteiger partial charge in [-0.15, -0.1) is 0 Å². The molecule has 1 saturated heterocycles. The van der Waals surface area contributed by atoms with Gasteiger partial charge in [0.25, 0.3) is 11.5 Å². The van der Waals surface area contributed by atoms with Gasteiger partial charge in [-0.1, -0.05) is 46.0 Å². The summed E-state index contributed by atoms with van der Waals surface area (Å²) in [5.74, 6) is -2.12. The number of carbonyl (C=O) groups excluding carboxylic acids is 2. The molecule has 0 aliphatic carbocycles. The lowest BCUT2D eigenvalue weighted by atomic mass is 9.86.